The molecule has 1 fully saturated rings. The van der Waals surface area contributed by atoms with E-state index in [1.54, 1.807) is 0 Å². The molecule has 0 aromatic heterocycles. The molecule has 1 amide bonds. The second kappa shape index (κ2) is 5.73. The zero-order chi connectivity index (χ0) is 15.0. The lowest BCUT2D eigenvalue weighted by Crippen LogP contribution is -2.55. The molecule has 114 valence electrons. The number of hydrogen-bond donors (Lipinski definition) is 0. The third kappa shape index (κ3) is 3.16. The van der Waals surface area contributed by atoms with Gasteiger partial charge in [-0.2, -0.15) is 0 Å². The molecule has 0 bridgehead atoms. The van der Waals surface area contributed by atoms with Crippen LogP contribution in [-0.4, -0.2) is 40.9 Å². The van der Waals surface area contributed by atoms with Crippen molar-refractivity contribution in [1.29, 1.82) is 0 Å². The molecule has 1 unspecified atom stereocenters. The zero-order valence-electron chi connectivity index (χ0n) is 12.7. The van der Waals surface area contributed by atoms with Crippen LogP contribution in [0.5, 0.6) is 0 Å². The Bertz CT molecular complexity index is 556. The summed E-state index contributed by atoms with van der Waals surface area (Å²) in [5.41, 5.74) is 3.29. The van der Waals surface area contributed by atoms with Gasteiger partial charge >= 0.3 is 0 Å². The minimum atomic E-state index is -0.289. The highest BCUT2D eigenvalue weighted by atomic mass is 79.9. The number of hydrogen-bond acceptors (Lipinski definition) is 2. The average Bonchev–Trinajstić information content (AvgIpc) is 2.92. The molecule has 4 heteroatoms. The van der Waals surface area contributed by atoms with E-state index in [4.69, 9.17) is 4.74 Å². The first-order valence-electron chi connectivity index (χ1n) is 7.63. The largest absolute Gasteiger partial charge is 0.368 e. The zero-order valence-corrected chi connectivity index (χ0v) is 14.3. The van der Waals surface area contributed by atoms with E-state index < -0.39 is 0 Å². The van der Waals surface area contributed by atoms with Gasteiger partial charge in [-0.3, -0.25) is 4.79 Å². The summed E-state index contributed by atoms with van der Waals surface area (Å²) >= 11 is 3.47. The van der Waals surface area contributed by atoms with Crippen molar-refractivity contribution in [2.24, 2.45) is 0 Å². The Balaban J connectivity index is 1.81. The van der Waals surface area contributed by atoms with Crippen LogP contribution < -0.4 is 0 Å². The van der Waals surface area contributed by atoms with E-state index in [0.717, 1.165) is 23.7 Å². The molecule has 1 aliphatic carbocycles. The molecule has 0 saturated carbocycles. The smallest absolute Gasteiger partial charge is 0.254 e. The highest BCUT2D eigenvalue weighted by molar-refractivity contribution is 9.09. The number of alkyl halides is 1. The van der Waals surface area contributed by atoms with Crippen molar-refractivity contribution in [3.8, 4) is 0 Å². The number of amides is 1. The van der Waals surface area contributed by atoms with Crippen molar-refractivity contribution >= 4 is 21.8 Å². The van der Waals surface area contributed by atoms with Gasteiger partial charge in [-0.05, 0) is 56.4 Å². The van der Waals surface area contributed by atoms with Crippen LogP contribution in [0.4, 0.5) is 0 Å². The fourth-order valence-corrected chi connectivity index (χ4v) is 3.76. The van der Waals surface area contributed by atoms with Crippen LogP contribution in [0, 0.1) is 0 Å². The Morgan fingerprint density at radius 3 is 2.90 bits per heavy atom. The van der Waals surface area contributed by atoms with Gasteiger partial charge in [0.15, 0.2) is 0 Å². The van der Waals surface area contributed by atoms with Crippen LogP contribution in [0.15, 0.2) is 18.2 Å². The van der Waals surface area contributed by atoms with Gasteiger partial charge < -0.3 is 9.64 Å². The number of rotatable bonds is 2. The Hall–Kier alpha value is -0.870. The topological polar surface area (TPSA) is 29.5 Å². The Kier molecular flexibility index (Phi) is 4.10. The van der Waals surface area contributed by atoms with E-state index >= 15 is 0 Å². The van der Waals surface area contributed by atoms with Gasteiger partial charge in [-0.15, -0.1) is 0 Å². The molecule has 1 aromatic rings. The molecule has 1 aromatic carbocycles. The van der Waals surface area contributed by atoms with E-state index in [2.05, 4.69) is 28.1 Å². The molecular formula is C17H22BrNO2. The number of morpholine rings is 1. The van der Waals surface area contributed by atoms with Crippen LogP contribution in [0.1, 0.15) is 41.8 Å². The fraction of sp³-hybridized carbons (Fsp3) is 0.588. The summed E-state index contributed by atoms with van der Waals surface area (Å²) in [5.74, 6) is 0.132. The lowest BCUT2D eigenvalue weighted by molar-refractivity contribution is -0.116. The summed E-state index contributed by atoms with van der Waals surface area (Å²) < 4.78 is 5.97. The van der Waals surface area contributed by atoms with Gasteiger partial charge in [-0.1, -0.05) is 22.0 Å². The van der Waals surface area contributed by atoms with Crippen molar-refractivity contribution in [2.45, 2.75) is 44.8 Å². The molecule has 2 aliphatic rings. The van der Waals surface area contributed by atoms with E-state index in [1.165, 1.54) is 17.5 Å². The molecule has 0 spiro atoms. The lowest BCUT2D eigenvalue weighted by Gasteiger charge is -2.42. The van der Waals surface area contributed by atoms with Gasteiger partial charge in [0, 0.05) is 24.0 Å². The standard InChI is InChI=1S/C17H22BrNO2/c1-17(2)11-19(10-15(9-18)21-17)16(20)14-7-6-12-4-3-5-13(12)8-14/h6-8,15H,3-5,9-11H2,1-2H3. The van der Waals surface area contributed by atoms with Crippen molar-refractivity contribution in [3.05, 3.63) is 34.9 Å². The summed E-state index contributed by atoms with van der Waals surface area (Å²) in [6.45, 7) is 5.40. The highest BCUT2D eigenvalue weighted by Crippen LogP contribution is 2.26. The first-order valence-corrected chi connectivity index (χ1v) is 8.75. The van der Waals surface area contributed by atoms with Crippen molar-refractivity contribution in [3.63, 3.8) is 0 Å². The summed E-state index contributed by atoms with van der Waals surface area (Å²) in [4.78, 5) is 14.7. The van der Waals surface area contributed by atoms with Crippen LogP contribution in [0.25, 0.3) is 0 Å². The monoisotopic (exact) mass is 351 g/mol. The maximum atomic E-state index is 12.8. The molecule has 3 nitrogen and oxygen atoms in total. The third-order valence-electron chi connectivity index (χ3n) is 4.29. The van der Waals surface area contributed by atoms with Crippen molar-refractivity contribution < 1.29 is 9.53 Å². The maximum Gasteiger partial charge on any atom is 0.254 e. The second-order valence-corrected chi connectivity index (χ2v) is 7.32. The normalized spacial score (nSPS) is 24.0. The SMILES string of the molecule is CC1(C)CN(C(=O)c2ccc3c(c2)CCC3)CC(CBr)O1. The number of ether oxygens (including phenoxy) is 1. The minimum Gasteiger partial charge on any atom is -0.368 e. The Labute approximate surface area is 134 Å². The van der Waals surface area contributed by atoms with Crippen LogP contribution in [0.3, 0.4) is 0 Å². The maximum absolute atomic E-state index is 12.8. The number of halogens is 1. The van der Waals surface area contributed by atoms with Gasteiger partial charge in [0.2, 0.25) is 0 Å². The second-order valence-electron chi connectivity index (χ2n) is 6.68. The number of aryl methyl sites for hydroxylation is 2. The first-order chi connectivity index (χ1) is 9.98. The van der Waals surface area contributed by atoms with E-state index in [9.17, 15) is 4.79 Å². The number of fused-ring (bicyclic) bond motifs is 1. The minimum absolute atomic E-state index is 0.0622. The Morgan fingerprint density at radius 1 is 1.38 bits per heavy atom. The average molecular weight is 352 g/mol. The predicted octanol–water partition coefficient (Wildman–Crippen LogP) is 3.19. The molecule has 1 heterocycles. The molecule has 1 saturated heterocycles. The molecular weight excluding hydrogens is 330 g/mol. The van der Waals surface area contributed by atoms with Gasteiger partial charge in [0.05, 0.1) is 11.7 Å². The fourth-order valence-electron chi connectivity index (χ4n) is 3.42. The van der Waals surface area contributed by atoms with Crippen LogP contribution in [0.2, 0.25) is 0 Å². The van der Waals surface area contributed by atoms with Crippen LogP contribution in [-0.2, 0) is 17.6 Å². The molecule has 3 rings (SSSR count). The number of carbonyl (C=O) groups is 1. The third-order valence-corrected chi connectivity index (χ3v) is 5.01. The summed E-state index contributed by atoms with van der Waals surface area (Å²) in [6, 6.07) is 6.21. The predicted molar refractivity (Wildman–Crippen MR) is 87.1 cm³/mol. The van der Waals surface area contributed by atoms with Gasteiger partial charge in [0.25, 0.3) is 5.91 Å². The van der Waals surface area contributed by atoms with Gasteiger partial charge in [0.1, 0.15) is 0 Å². The summed E-state index contributed by atoms with van der Waals surface area (Å²) in [7, 11) is 0. The molecule has 0 N–H and O–H groups in total. The van der Waals surface area contributed by atoms with E-state index in [0.29, 0.717) is 13.1 Å². The highest BCUT2D eigenvalue weighted by Gasteiger charge is 2.35. The Morgan fingerprint density at radius 2 is 2.14 bits per heavy atom. The molecule has 21 heavy (non-hydrogen) atoms. The summed E-state index contributed by atoms with van der Waals surface area (Å²) in [5, 5.41) is 0.754. The van der Waals surface area contributed by atoms with Crippen molar-refractivity contribution in [1.82, 2.24) is 4.90 Å². The van der Waals surface area contributed by atoms with Crippen LogP contribution >= 0.6 is 15.9 Å². The van der Waals surface area contributed by atoms with Crippen molar-refractivity contribution in [2.75, 3.05) is 18.4 Å². The molecule has 1 aliphatic heterocycles. The van der Waals surface area contributed by atoms with Gasteiger partial charge in [-0.25, -0.2) is 0 Å². The quantitative estimate of drug-likeness (QED) is 0.765. The van der Waals surface area contributed by atoms with E-state index in [1.807, 2.05) is 24.8 Å². The number of nitrogens with zero attached hydrogens (tertiary/aromatic N) is 1. The molecule has 0 radical (unpaired) electrons. The van der Waals surface area contributed by atoms with E-state index in [-0.39, 0.29) is 17.6 Å². The lowest BCUT2D eigenvalue weighted by atomic mass is 10.0. The molecule has 1 atom stereocenters. The summed E-state index contributed by atoms with van der Waals surface area (Å²) in [6.07, 6.45) is 3.53. The number of benzene rings is 1. The first kappa shape index (κ1) is 15.0. The number of carbonyl (C=O) groups excluding carboxylic acids is 1.